The van der Waals surface area contributed by atoms with Gasteiger partial charge in [0.05, 0.1) is 0 Å². The first-order chi connectivity index (χ1) is 2.50. The zero-order valence-corrected chi connectivity index (χ0v) is 2.69. The number of hydrogen-bond acceptors (Lipinski definition) is 2. The Hall–Kier alpha value is -0.570. The Balaban J connectivity index is 2.32. The summed E-state index contributed by atoms with van der Waals surface area (Å²) in [6.45, 7) is 0.583. The first-order valence-corrected chi connectivity index (χ1v) is 1.42. The van der Waals surface area contributed by atoms with Gasteiger partial charge in [-0.3, -0.25) is 4.99 Å². The normalized spacial score (nSPS) is 19.2. The quantitative estimate of drug-likeness (QED) is 0.335. The zero-order valence-electron chi connectivity index (χ0n) is 2.69. The van der Waals surface area contributed by atoms with Crippen molar-refractivity contribution < 1.29 is 9.83 Å². The topological polar surface area (TPSA) is 35.2 Å². The van der Waals surface area contributed by atoms with Crippen LogP contribution in [0.5, 0.6) is 0 Å². The fraction of sp³-hybridized carbons (Fsp3) is 0.500. The third-order valence-corrected chi connectivity index (χ3v) is 0.400. The van der Waals surface area contributed by atoms with E-state index in [-0.39, 0.29) is 0 Å². The Morgan fingerprint density at radius 3 is 3.20 bits per heavy atom. The third kappa shape index (κ3) is 0.357. The second-order valence-electron chi connectivity index (χ2n) is 0.755. The average Bonchev–Trinajstić information content (AvgIpc) is 1.76. The molecule has 0 aliphatic carbocycles. The van der Waals surface area contributed by atoms with Crippen LogP contribution in [0.1, 0.15) is 0 Å². The molecule has 0 amide bonds. The van der Waals surface area contributed by atoms with E-state index in [0.717, 1.165) is 0 Å². The van der Waals surface area contributed by atoms with Crippen LogP contribution in [0.3, 0.4) is 0 Å². The summed E-state index contributed by atoms with van der Waals surface area (Å²) in [5.74, 6) is 0. The van der Waals surface area contributed by atoms with E-state index in [9.17, 15) is 0 Å². The predicted molar refractivity (Wildman–Crippen MR) is 16.1 cm³/mol. The van der Waals surface area contributed by atoms with Crippen LogP contribution < -0.4 is 10.5 Å². The molecule has 3 nitrogen and oxygen atoms in total. The van der Waals surface area contributed by atoms with E-state index in [1.807, 2.05) is 0 Å². The van der Waals surface area contributed by atoms with Crippen LogP contribution in [-0.4, -0.2) is 13.1 Å². The van der Waals surface area contributed by atoms with Crippen molar-refractivity contribution in [3.8, 4) is 0 Å². The molecule has 0 saturated heterocycles. The molecule has 1 aliphatic heterocycles. The van der Waals surface area contributed by atoms with Crippen LogP contribution in [-0.2, 0) is 4.84 Å². The lowest BCUT2D eigenvalue weighted by atomic mass is 11.3. The Morgan fingerprint density at radius 1 is 2.00 bits per heavy atom. The van der Waals surface area contributed by atoms with Gasteiger partial charge in [0.15, 0.2) is 0 Å². The maximum atomic E-state index is 4.53. The van der Waals surface area contributed by atoms with E-state index in [4.69, 9.17) is 0 Å². The average molecular weight is 73.1 g/mol. The molecule has 3 heteroatoms. The van der Waals surface area contributed by atoms with Crippen molar-refractivity contribution in [1.82, 2.24) is 5.48 Å². The number of nitrogens with one attached hydrogen (secondary N) is 2. The number of hydrogen-bond donors (Lipinski definition) is 2. The van der Waals surface area contributed by atoms with Crippen LogP contribution in [0, 0.1) is 0 Å². The van der Waals surface area contributed by atoms with E-state index < -0.39 is 0 Å². The second-order valence-corrected chi connectivity index (χ2v) is 0.755. The summed E-state index contributed by atoms with van der Waals surface area (Å²) in [6, 6.07) is 0. The number of rotatable bonds is 0. The summed E-state index contributed by atoms with van der Waals surface area (Å²) in [6.07, 6.45) is 1.64. The molecule has 0 bridgehead atoms. The second kappa shape index (κ2) is 1.03. The van der Waals surface area contributed by atoms with Gasteiger partial charge in [0.25, 0.3) is 6.34 Å². The van der Waals surface area contributed by atoms with Crippen molar-refractivity contribution in [2.45, 2.75) is 0 Å². The Bertz CT molecular complexity index is 45.6. The van der Waals surface area contributed by atoms with E-state index >= 15 is 0 Å². The van der Waals surface area contributed by atoms with Crippen LogP contribution in [0.4, 0.5) is 0 Å². The standard InChI is InChI=1S/C2H4N2O/c1-3-2-5-4-1/h1H,2H2,(H,3,4)/p+1. The summed E-state index contributed by atoms with van der Waals surface area (Å²) in [7, 11) is 0. The van der Waals surface area contributed by atoms with Gasteiger partial charge < -0.3 is 0 Å². The van der Waals surface area contributed by atoms with Crippen molar-refractivity contribution in [3.63, 3.8) is 0 Å². The molecule has 0 aromatic heterocycles. The van der Waals surface area contributed by atoms with Crippen LogP contribution >= 0.6 is 0 Å². The maximum absolute atomic E-state index is 4.53. The Labute approximate surface area is 29.6 Å². The van der Waals surface area contributed by atoms with Gasteiger partial charge in [0, 0.05) is 0 Å². The minimum absolute atomic E-state index is 0.583. The molecule has 1 heterocycles. The molecule has 0 fully saturated rings. The molecule has 0 radical (unpaired) electrons. The lowest BCUT2D eigenvalue weighted by Gasteiger charge is -1.69. The first kappa shape index (κ1) is 2.66. The third-order valence-electron chi connectivity index (χ3n) is 0.400. The van der Waals surface area contributed by atoms with Crippen molar-refractivity contribution in [2.24, 2.45) is 0 Å². The van der Waals surface area contributed by atoms with Gasteiger partial charge in [0.1, 0.15) is 0 Å². The molecule has 0 aromatic carbocycles. The van der Waals surface area contributed by atoms with Crippen LogP contribution in [0.15, 0.2) is 0 Å². The van der Waals surface area contributed by atoms with Gasteiger partial charge in [-0.05, 0) is 0 Å². The molecule has 1 rings (SSSR count). The lowest BCUT2D eigenvalue weighted by Crippen LogP contribution is -2.66. The van der Waals surface area contributed by atoms with E-state index in [1.54, 1.807) is 6.34 Å². The van der Waals surface area contributed by atoms with Crippen molar-refractivity contribution in [2.75, 3.05) is 6.73 Å². The minimum Gasteiger partial charge on any atom is -0.251 e. The summed E-state index contributed by atoms with van der Waals surface area (Å²) in [5, 5.41) is 0. The molecule has 28 valence electrons. The van der Waals surface area contributed by atoms with Gasteiger partial charge >= 0.3 is 0 Å². The maximum Gasteiger partial charge on any atom is 0.262 e. The van der Waals surface area contributed by atoms with Gasteiger partial charge in [0.2, 0.25) is 6.73 Å². The van der Waals surface area contributed by atoms with Crippen molar-refractivity contribution >= 4 is 6.34 Å². The Morgan fingerprint density at radius 2 is 3.00 bits per heavy atom. The molecule has 0 saturated carbocycles. The summed E-state index contributed by atoms with van der Waals surface area (Å²) in [5.41, 5.74) is 2.49. The van der Waals surface area contributed by atoms with Crippen LogP contribution in [0.25, 0.3) is 0 Å². The highest BCUT2D eigenvalue weighted by molar-refractivity contribution is 5.45. The fourth-order valence-electron chi connectivity index (χ4n) is 0.208. The summed E-state index contributed by atoms with van der Waals surface area (Å²) < 4.78 is 0. The van der Waals surface area contributed by atoms with Gasteiger partial charge in [-0.1, -0.05) is 0 Å². The first-order valence-electron chi connectivity index (χ1n) is 1.42. The smallest absolute Gasteiger partial charge is 0.251 e. The number of hydroxylamine groups is 1. The minimum atomic E-state index is 0.583. The summed E-state index contributed by atoms with van der Waals surface area (Å²) >= 11 is 0. The van der Waals surface area contributed by atoms with E-state index in [2.05, 4.69) is 15.3 Å². The molecule has 0 unspecified atom stereocenters. The lowest BCUT2D eigenvalue weighted by molar-refractivity contribution is -0.483. The summed E-state index contributed by atoms with van der Waals surface area (Å²) in [4.78, 5) is 7.29. The van der Waals surface area contributed by atoms with Crippen molar-refractivity contribution in [3.05, 3.63) is 0 Å². The molecule has 5 heavy (non-hydrogen) atoms. The molecule has 2 N–H and O–H groups in total. The van der Waals surface area contributed by atoms with E-state index in [1.165, 1.54) is 0 Å². The van der Waals surface area contributed by atoms with Gasteiger partial charge in [-0.15, -0.1) is 5.48 Å². The molecule has 0 spiro atoms. The molecule has 0 aromatic rings. The molecular formula is C2H5N2O+. The van der Waals surface area contributed by atoms with Crippen LogP contribution in [0.2, 0.25) is 0 Å². The zero-order chi connectivity index (χ0) is 3.54. The van der Waals surface area contributed by atoms with E-state index in [0.29, 0.717) is 6.73 Å². The molecule has 0 atom stereocenters. The fourth-order valence-corrected chi connectivity index (χ4v) is 0.208. The van der Waals surface area contributed by atoms with Gasteiger partial charge in [-0.2, -0.15) is 4.84 Å². The van der Waals surface area contributed by atoms with Crippen molar-refractivity contribution in [1.29, 1.82) is 0 Å². The highest BCUT2D eigenvalue weighted by Crippen LogP contribution is 1.46. The monoisotopic (exact) mass is 73.0 g/mol. The highest BCUT2D eigenvalue weighted by atomic mass is 16.7. The Kier molecular flexibility index (Phi) is 0.548. The SMILES string of the molecule is C1=[NH+]CON1. The molecule has 1 aliphatic rings. The molecular weight excluding hydrogens is 68.0 g/mol. The highest BCUT2D eigenvalue weighted by Gasteiger charge is 1.90. The largest absolute Gasteiger partial charge is 0.262 e. The predicted octanol–water partition coefficient (Wildman–Crippen LogP) is -2.41. The van der Waals surface area contributed by atoms with Gasteiger partial charge in [-0.25, -0.2) is 0 Å².